The Morgan fingerprint density at radius 3 is 2.49 bits per heavy atom. The molecular formula is C42H53N3O10. The van der Waals surface area contributed by atoms with Gasteiger partial charge in [-0.3, -0.25) is 0 Å². The summed E-state index contributed by atoms with van der Waals surface area (Å²) in [6.07, 6.45) is 9.40. The molecule has 55 heavy (non-hydrogen) atoms. The van der Waals surface area contributed by atoms with Gasteiger partial charge in [-0.25, -0.2) is 9.48 Å². The van der Waals surface area contributed by atoms with Crippen LogP contribution in [0.4, 0.5) is 0 Å². The smallest absolute Gasteiger partial charge is 0.338 e. The van der Waals surface area contributed by atoms with Gasteiger partial charge < -0.3 is 42.6 Å². The number of nitrogens with zero attached hydrogens (tertiary/aromatic N) is 3. The van der Waals surface area contributed by atoms with Gasteiger partial charge in [0.2, 0.25) is 0 Å². The van der Waals surface area contributed by atoms with E-state index in [0.29, 0.717) is 42.7 Å². The van der Waals surface area contributed by atoms with Crippen LogP contribution in [0.5, 0.6) is 5.75 Å². The second-order valence-corrected chi connectivity index (χ2v) is 17.7. The lowest BCUT2D eigenvalue weighted by molar-refractivity contribution is -0.306. The summed E-state index contributed by atoms with van der Waals surface area (Å²) in [6, 6.07) is 7.89. The summed E-state index contributed by atoms with van der Waals surface area (Å²) in [4.78, 5) is 12.1. The third kappa shape index (κ3) is 6.79. The fourth-order valence-electron chi connectivity index (χ4n) is 10.4. The number of allylic oxidation sites excluding steroid dienone is 2. The molecule has 2 saturated carbocycles. The van der Waals surface area contributed by atoms with Gasteiger partial charge >= 0.3 is 5.97 Å². The quantitative estimate of drug-likeness (QED) is 0.228. The molecule has 0 spiro atoms. The molecule has 1 aromatic heterocycles. The van der Waals surface area contributed by atoms with E-state index in [1.54, 1.807) is 4.68 Å². The molecule has 13 nitrogen and oxygen atoms in total. The van der Waals surface area contributed by atoms with Crippen LogP contribution >= 0.6 is 0 Å². The largest absolute Gasteiger partial charge is 0.487 e. The maximum absolute atomic E-state index is 12.1. The topological polar surface area (TPSA) is 131 Å². The molecule has 5 aliphatic heterocycles. The first-order valence-corrected chi connectivity index (χ1v) is 19.7. The molecule has 13 heteroatoms. The van der Waals surface area contributed by atoms with Crippen molar-refractivity contribution >= 4 is 5.97 Å². The fraction of sp³-hybridized carbons (Fsp3) is 0.643. The standard InChI is InChI=1S/C42H53N3O10/c1-24-8-15-31-41(6,29(24)14-11-25-17-19-47-36(25)46)18-16-32-42(31,7)23-49-37(51-32)26-9-12-28(13-10-26)48-22-27-20-45(44-43-27)21-30-33-34(53-39(2,3)52-33)35-38(50-30)55-40(4,5)54-35/h9-14,17,20,29-35,37-38H,1,8,15-16,18-19,21-23H2,2-7H3/b14-11+/t29-,30?,31+,32?,33?,34?,35?,37?,38?,41+,42+/m1/s1. The maximum atomic E-state index is 12.1. The minimum atomic E-state index is -0.778. The number of carbonyl (C=O) groups is 1. The van der Waals surface area contributed by atoms with E-state index in [1.807, 2.05) is 70.3 Å². The van der Waals surface area contributed by atoms with Crippen LogP contribution in [-0.4, -0.2) is 82.6 Å². The highest BCUT2D eigenvalue weighted by molar-refractivity contribution is 5.93. The zero-order chi connectivity index (χ0) is 38.3. The molecule has 7 unspecified atom stereocenters. The third-order valence-electron chi connectivity index (χ3n) is 13.0. The maximum Gasteiger partial charge on any atom is 0.338 e. The predicted molar refractivity (Wildman–Crippen MR) is 196 cm³/mol. The van der Waals surface area contributed by atoms with E-state index in [0.717, 1.165) is 31.2 Å². The number of benzene rings is 1. The first kappa shape index (κ1) is 37.2. The molecule has 0 radical (unpaired) electrons. The van der Waals surface area contributed by atoms with E-state index in [2.05, 4.69) is 36.8 Å². The Morgan fingerprint density at radius 1 is 0.945 bits per heavy atom. The van der Waals surface area contributed by atoms with E-state index in [-0.39, 0.29) is 59.8 Å². The van der Waals surface area contributed by atoms with Crippen LogP contribution < -0.4 is 4.74 Å². The lowest BCUT2D eigenvalue weighted by Crippen LogP contribution is -2.60. The molecule has 0 bridgehead atoms. The highest BCUT2D eigenvalue weighted by Crippen LogP contribution is 2.63. The van der Waals surface area contributed by atoms with Crippen LogP contribution in [0.15, 0.2) is 66.4 Å². The lowest BCUT2D eigenvalue weighted by Gasteiger charge is -2.62. The molecule has 1 aromatic carbocycles. The van der Waals surface area contributed by atoms with Gasteiger partial charge in [-0.1, -0.05) is 55.5 Å². The van der Waals surface area contributed by atoms with Gasteiger partial charge in [0.25, 0.3) is 0 Å². The van der Waals surface area contributed by atoms with Crippen LogP contribution in [0.2, 0.25) is 0 Å². The molecule has 7 aliphatic rings. The van der Waals surface area contributed by atoms with Crippen LogP contribution in [-0.2, 0) is 55.8 Å². The lowest BCUT2D eigenvalue weighted by atomic mass is 9.46. The number of aromatic nitrogens is 3. The van der Waals surface area contributed by atoms with Crippen molar-refractivity contribution in [2.75, 3.05) is 13.2 Å². The third-order valence-corrected chi connectivity index (χ3v) is 13.0. The van der Waals surface area contributed by atoms with Crippen molar-refractivity contribution in [3.8, 4) is 5.75 Å². The monoisotopic (exact) mass is 759 g/mol. The summed E-state index contributed by atoms with van der Waals surface area (Å²) in [7, 11) is 0. The zero-order valence-electron chi connectivity index (χ0n) is 32.6. The molecule has 9 rings (SSSR count). The minimum Gasteiger partial charge on any atom is -0.487 e. The Morgan fingerprint density at radius 2 is 1.71 bits per heavy atom. The molecule has 11 atom stereocenters. The van der Waals surface area contributed by atoms with Crippen LogP contribution in [0.3, 0.4) is 0 Å². The summed E-state index contributed by atoms with van der Waals surface area (Å²) in [5.41, 5.74) is 3.36. The van der Waals surface area contributed by atoms with E-state index in [4.69, 9.17) is 42.6 Å². The van der Waals surface area contributed by atoms with Crippen molar-refractivity contribution in [2.45, 2.75) is 135 Å². The van der Waals surface area contributed by atoms with Crippen molar-refractivity contribution in [1.82, 2.24) is 15.0 Å². The molecule has 4 saturated heterocycles. The molecular weight excluding hydrogens is 706 g/mol. The Labute approximate surface area is 322 Å². The van der Waals surface area contributed by atoms with Gasteiger partial charge in [-0.15, -0.1) is 5.10 Å². The highest BCUT2D eigenvalue weighted by atomic mass is 16.9. The molecule has 2 aliphatic carbocycles. The van der Waals surface area contributed by atoms with E-state index >= 15 is 0 Å². The minimum absolute atomic E-state index is 0.00570. The normalized spacial score (nSPS) is 40.3. The number of ether oxygens (including phenoxy) is 9. The number of hydrogen-bond donors (Lipinski definition) is 0. The van der Waals surface area contributed by atoms with Crippen molar-refractivity contribution in [2.24, 2.45) is 22.7 Å². The molecule has 6 fully saturated rings. The average molecular weight is 760 g/mol. The first-order chi connectivity index (χ1) is 26.2. The summed E-state index contributed by atoms with van der Waals surface area (Å²) in [5, 5.41) is 8.69. The molecule has 0 amide bonds. The van der Waals surface area contributed by atoms with Gasteiger partial charge in [0.15, 0.2) is 24.2 Å². The van der Waals surface area contributed by atoms with Crippen molar-refractivity contribution in [3.05, 3.63) is 77.7 Å². The number of esters is 1. The SMILES string of the molecule is C=C1CC[C@H]2[C@@](C)(CCC3OC(c4ccc(OCc5cn(CC6OC7OC(C)(C)OC7C7OC(C)(C)OC67)nn5)cc4)OC[C@]32C)[C@@H]1/C=C/C1=CCOC1=O. The number of rotatable bonds is 8. The Kier molecular flexibility index (Phi) is 9.19. The molecule has 2 aromatic rings. The second kappa shape index (κ2) is 13.6. The summed E-state index contributed by atoms with van der Waals surface area (Å²) < 4.78 is 57.3. The Balaban J connectivity index is 0.801. The van der Waals surface area contributed by atoms with Gasteiger partial charge in [-0.05, 0) is 82.9 Å². The fourth-order valence-corrected chi connectivity index (χ4v) is 10.4. The summed E-state index contributed by atoms with van der Waals surface area (Å²) in [6.45, 7) is 18.3. The molecule has 296 valence electrons. The van der Waals surface area contributed by atoms with Crippen LogP contribution in [0.25, 0.3) is 0 Å². The zero-order valence-corrected chi connectivity index (χ0v) is 32.6. The average Bonchev–Trinajstić information content (AvgIpc) is 3.91. The van der Waals surface area contributed by atoms with Crippen LogP contribution in [0, 0.1) is 22.7 Å². The van der Waals surface area contributed by atoms with Crippen LogP contribution in [0.1, 0.15) is 84.8 Å². The van der Waals surface area contributed by atoms with Gasteiger partial charge in [-0.2, -0.15) is 0 Å². The predicted octanol–water partition coefficient (Wildman–Crippen LogP) is 6.10. The van der Waals surface area contributed by atoms with Crippen molar-refractivity contribution in [3.63, 3.8) is 0 Å². The Hall–Kier alpha value is -3.43. The first-order valence-electron chi connectivity index (χ1n) is 19.7. The van der Waals surface area contributed by atoms with Crippen molar-refractivity contribution < 1.29 is 47.4 Å². The van der Waals surface area contributed by atoms with Gasteiger partial charge in [0.05, 0.1) is 31.0 Å². The van der Waals surface area contributed by atoms with E-state index in [1.165, 1.54) is 5.57 Å². The summed E-state index contributed by atoms with van der Waals surface area (Å²) in [5.74, 6) is -0.529. The van der Waals surface area contributed by atoms with Crippen molar-refractivity contribution in [1.29, 1.82) is 0 Å². The Bertz CT molecular complexity index is 1870. The number of carbonyl (C=O) groups excluding carboxylic acids is 1. The second-order valence-electron chi connectivity index (χ2n) is 17.7. The van der Waals surface area contributed by atoms with Gasteiger partial charge in [0, 0.05) is 16.9 Å². The number of cyclic esters (lactones) is 1. The molecule has 6 heterocycles. The van der Waals surface area contributed by atoms with E-state index < -0.39 is 24.2 Å². The molecule has 0 N–H and O–H groups in total. The van der Waals surface area contributed by atoms with E-state index in [9.17, 15) is 4.79 Å². The number of fused-ring (bicyclic) bond motifs is 6. The highest BCUT2D eigenvalue weighted by Gasteiger charge is 2.62. The summed E-state index contributed by atoms with van der Waals surface area (Å²) >= 11 is 0. The van der Waals surface area contributed by atoms with Gasteiger partial charge in [0.1, 0.15) is 49.1 Å². The number of hydrogen-bond acceptors (Lipinski definition) is 12.